The van der Waals surface area contributed by atoms with Crippen molar-refractivity contribution in [2.24, 2.45) is 20.5 Å². The predicted octanol–water partition coefficient (Wildman–Crippen LogP) is 6.71. The highest BCUT2D eigenvalue weighted by Gasteiger charge is 2.10. The van der Waals surface area contributed by atoms with Crippen molar-refractivity contribution >= 4 is 28.4 Å². The number of hydrogen-bond acceptors (Lipinski definition) is 4. The van der Waals surface area contributed by atoms with Gasteiger partial charge in [0.15, 0.2) is 0 Å². The van der Waals surface area contributed by atoms with Crippen LogP contribution in [-0.2, 0) is 0 Å². The molecule has 0 aliphatic heterocycles. The van der Waals surface area contributed by atoms with Gasteiger partial charge in [-0.3, -0.25) is 4.48 Å². The summed E-state index contributed by atoms with van der Waals surface area (Å²) in [5.74, 6) is 0. The van der Waals surface area contributed by atoms with Crippen molar-refractivity contribution in [3.8, 4) is 0 Å². The van der Waals surface area contributed by atoms with Gasteiger partial charge in [0.1, 0.15) is 5.69 Å². The Bertz CT molecular complexity index is 890. The number of rotatable bonds is 5. The lowest BCUT2D eigenvalue weighted by Crippen LogP contribution is -2.34. The Morgan fingerprint density at radius 1 is 0.462 bits per heavy atom. The molecule has 0 fully saturated rings. The van der Waals surface area contributed by atoms with E-state index in [1.54, 1.807) is 0 Å². The van der Waals surface area contributed by atoms with E-state index < -0.39 is 0 Å². The van der Waals surface area contributed by atoms with Crippen LogP contribution in [0.15, 0.2) is 99.3 Å². The molecule has 0 amide bonds. The van der Waals surface area contributed by atoms with Crippen molar-refractivity contribution in [2.45, 2.75) is 0 Å². The highest BCUT2D eigenvalue weighted by Crippen LogP contribution is 2.25. The van der Waals surface area contributed by atoms with Crippen LogP contribution in [0.4, 0.5) is 28.4 Å². The average Bonchev–Trinajstić information content (AvgIpc) is 2.66. The van der Waals surface area contributed by atoms with E-state index in [0.717, 1.165) is 27.2 Å². The van der Waals surface area contributed by atoms with Gasteiger partial charge in [0, 0.05) is 12.1 Å². The molecular formula is C21H22N5+. The molecule has 0 bridgehead atoms. The smallest absolute Gasteiger partial charge is 0.132 e. The molecule has 0 N–H and O–H groups in total. The second kappa shape index (κ2) is 7.80. The Hall–Kier alpha value is -3.18. The Kier molecular flexibility index (Phi) is 5.29. The molecule has 3 aromatic carbocycles. The predicted molar refractivity (Wildman–Crippen MR) is 107 cm³/mol. The largest absolute Gasteiger partial charge is 0.298 e. The van der Waals surface area contributed by atoms with Crippen LogP contribution in [0.3, 0.4) is 0 Å². The first-order chi connectivity index (χ1) is 12.5. The molecular weight excluding hydrogens is 322 g/mol. The van der Waals surface area contributed by atoms with Crippen molar-refractivity contribution in [3.05, 3.63) is 78.9 Å². The van der Waals surface area contributed by atoms with E-state index in [2.05, 4.69) is 53.7 Å². The maximum atomic E-state index is 4.29. The molecule has 5 heteroatoms. The zero-order valence-corrected chi connectivity index (χ0v) is 15.2. The Balaban J connectivity index is 1.65. The summed E-state index contributed by atoms with van der Waals surface area (Å²) in [6, 6.07) is 25.3. The van der Waals surface area contributed by atoms with Crippen molar-refractivity contribution in [2.75, 3.05) is 21.1 Å². The minimum Gasteiger partial charge on any atom is -0.298 e. The van der Waals surface area contributed by atoms with Gasteiger partial charge >= 0.3 is 0 Å². The van der Waals surface area contributed by atoms with Gasteiger partial charge in [-0.25, -0.2) is 0 Å². The third-order valence-electron chi connectivity index (χ3n) is 3.79. The summed E-state index contributed by atoms with van der Waals surface area (Å²) in [5.41, 5.74) is 4.43. The highest BCUT2D eigenvalue weighted by atomic mass is 15.3. The van der Waals surface area contributed by atoms with Crippen LogP contribution in [0.25, 0.3) is 0 Å². The molecule has 0 saturated heterocycles. The Labute approximate surface area is 154 Å². The zero-order valence-electron chi connectivity index (χ0n) is 15.2. The van der Waals surface area contributed by atoms with E-state index >= 15 is 0 Å². The first-order valence-corrected chi connectivity index (χ1v) is 8.41. The SMILES string of the molecule is C[N+](C)(C)c1ccc(N=Nc2ccc(N=Nc3ccccc3)cc2)cc1. The van der Waals surface area contributed by atoms with Gasteiger partial charge in [0.05, 0.1) is 43.9 Å². The first-order valence-electron chi connectivity index (χ1n) is 8.41. The summed E-state index contributed by atoms with van der Waals surface area (Å²) in [7, 11) is 6.40. The molecule has 130 valence electrons. The lowest BCUT2D eigenvalue weighted by molar-refractivity contribution is 0.486. The van der Waals surface area contributed by atoms with Crippen LogP contribution >= 0.6 is 0 Å². The quantitative estimate of drug-likeness (QED) is 0.364. The topological polar surface area (TPSA) is 49.4 Å². The highest BCUT2D eigenvalue weighted by molar-refractivity contribution is 5.51. The van der Waals surface area contributed by atoms with Gasteiger partial charge in [0.2, 0.25) is 0 Å². The number of benzene rings is 3. The van der Waals surface area contributed by atoms with Crippen LogP contribution in [-0.4, -0.2) is 21.1 Å². The summed E-state index contributed by atoms with van der Waals surface area (Å²) in [6.45, 7) is 0. The van der Waals surface area contributed by atoms with Gasteiger partial charge in [-0.1, -0.05) is 18.2 Å². The van der Waals surface area contributed by atoms with Gasteiger partial charge in [-0.15, -0.1) is 0 Å². The van der Waals surface area contributed by atoms with E-state index in [-0.39, 0.29) is 0 Å². The molecule has 26 heavy (non-hydrogen) atoms. The van der Waals surface area contributed by atoms with Crippen LogP contribution in [0.1, 0.15) is 0 Å². The molecule has 0 heterocycles. The lowest BCUT2D eigenvalue weighted by Gasteiger charge is -2.23. The van der Waals surface area contributed by atoms with Gasteiger partial charge in [-0.2, -0.15) is 20.5 Å². The fourth-order valence-electron chi connectivity index (χ4n) is 2.28. The van der Waals surface area contributed by atoms with Gasteiger partial charge in [-0.05, 0) is 48.5 Å². The van der Waals surface area contributed by atoms with Gasteiger partial charge in [0.25, 0.3) is 0 Å². The normalized spacial score (nSPS) is 12.1. The van der Waals surface area contributed by atoms with E-state index in [0.29, 0.717) is 0 Å². The molecule has 0 atom stereocenters. The summed E-state index contributed by atoms with van der Waals surface area (Å²) in [5, 5.41) is 17.0. The minimum atomic E-state index is 0.774. The summed E-state index contributed by atoms with van der Waals surface area (Å²) in [6.07, 6.45) is 0. The number of azo groups is 2. The molecule has 0 saturated carbocycles. The molecule has 3 rings (SSSR count). The molecule has 0 unspecified atom stereocenters. The second-order valence-corrected chi connectivity index (χ2v) is 6.78. The molecule has 0 spiro atoms. The minimum absolute atomic E-state index is 0.774. The van der Waals surface area contributed by atoms with Crippen molar-refractivity contribution in [1.82, 2.24) is 4.48 Å². The summed E-state index contributed by atoms with van der Waals surface area (Å²) < 4.78 is 0.774. The molecule has 5 nitrogen and oxygen atoms in total. The zero-order chi connectivity index (χ0) is 18.4. The molecule has 0 aliphatic rings. The summed E-state index contributed by atoms with van der Waals surface area (Å²) >= 11 is 0. The van der Waals surface area contributed by atoms with E-state index in [1.165, 1.54) is 5.69 Å². The van der Waals surface area contributed by atoms with E-state index in [1.807, 2.05) is 66.7 Å². The molecule has 0 aromatic heterocycles. The molecule has 3 aromatic rings. The van der Waals surface area contributed by atoms with Gasteiger partial charge < -0.3 is 0 Å². The van der Waals surface area contributed by atoms with Crippen molar-refractivity contribution < 1.29 is 0 Å². The fraction of sp³-hybridized carbons (Fsp3) is 0.143. The Morgan fingerprint density at radius 3 is 1.19 bits per heavy atom. The monoisotopic (exact) mass is 344 g/mol. The average molecular weight is 344 g/mol. The van der Waals surface area contributed by atoms with Crippen LogP contribution in [0.2, 0.25) is 0 Å². The maximum absolute atomic E-state index is 4.29. The summed E-state index contributed by atoms with van der Waals surface area (Å²) in [4.78, 5) is 0. The second-order valence-electron chi connectivity index (χ2n) is 6.78. The third kappa shape index (κ3) is 4.91. The molecule has 0 radical (unpaired) electrons. The third-order valence-corrected chi connectivity index (χ3v) is 3.79. The van der Waals surface area contributed by atoms with Crippen molar-refractivity contribution in [1.29, 1.82) is 0 Å². The lowest BCUT2D eigenvalue weighted by atomic mass is 10.2. The van der Waals surface area contributed by atoms with Crippen LogP contribution in [0.5, 0.6) is 0 Å². The van der Waals surface area contributed by atoms with Crippen molar-refractivity contribution in [3.63, 3.8) is 0 Å². The first kappa shape index (κ1) is 17.6. The maximum Gasteiger partial charge on any atom is 0.132 e. The molecule has 0 aliphatic carbocycles. The van der Waals surface area contributed by atoms with Crippen LogP contribution < -0.4 is 4.48 Å². The standard InChI is InChI=1S/C21H22N5/c1-26(2,3)21-15-13-20(14-16-21)25-24-19-11-9-18(10-12-19)23-22-17-7-5-4-6-8-17/h4-16H,1-3H3/q+1. The number of quaternary nitrogens is 1. The van der Waals surface area contributed by atoms with E-state index in [9.17, 15) is 0 Å². The number of hydrogen-bond donors (Lipinski definition) is 0. The fourth-order valence-corrected chi connectivity index (χ4v) is 2.28. The Morgan fingerprint density at radius 2 is 0.808 bits per heavy atom. The number of nitrogens with zero attached hydrogens (tertiary/aromatic N) is 5. The van der Waals surface area contributed by atoms with E-state index in [4.69, 9.17) is 0 Å². The van der Waals surface area contributed by atoms with Crippen LogP contribution in [0, 0.1) is 0 Å².